The van der Waals surface area contributed by atoms with Crippen LogP contribution in [0.15, 0.2) is 18.3 Å². The van der Waals surface area contributed by atoms with E-state index >= 15 is 0 Å². The highest BCUT2D eigenvalue weighted by Crippen LogP contribution is 2.17. The molecule has 2 aromatic heterocycles. The zero-order chi connectivity index (χ0) is 8.55. The van der Waals surface area contributed by atoms with E-state index in [-0.39, 0.29) is 0 Å². The number of pyridine rings is 1. The van der Waals surface area contributed by atoms with Crippen molar-refractivity contribution in [1.82, 2.24) is 9.97 Å². The topological polar surface area (TPSA) is 37.9 Å². The summed E-state index contributed by atoms with van der Waals surface area (Å²) in [6, 6.07) is 3.98. The minimum atomic E-state index is 0.654. The molecule has 0 atom stereocenters. The lowest BCUT2D eigenvalue weighted by Crippen LogP contribution is -1.85. The van der Waals surface area contributed by atoms with Gasteiger partial charge in [0, 0.05) is 17.1 Å². The van der Waals surface area contributed by atoms with Crippen LogP contribution in [0.5, 0.6) is 5.88 Å². The van der Waals surface area contributed by atoms with Gasteiger partial charge >= 0.3 is 0 Å². The molecule has 2 aromatic rings. The van der Waals surface area contributed by atoms with Crippen molar-refractivity contribution in [2.45, 2.75) is 6.92 Å². The highest BCUT2D eigenvalue weighted by Gasteiger charge is 1.99. The standard InChI is InChI=1S/C9H10N2O/c1-6-3-7-4-9(12-2)10-5-8(7)11-6/h3-5,11H,1-2H3. The maximum Gasteiger partial charge on any atom is 0.213 e. The van der Waals surface area contributed by atoms with Crippen LogP contribution < -0.4 is 4.74 Å². The van der Waals surface area contributed by atoms with Crippen molar-refractivity contribution in [3.63, 3.8) is 0 Å². The highest BCUT2D eigenvalue weighted by molar-refractivity contribution is 5.80. The van der Waals surface area contributed by atoms with E-state index in [0.717, 1.165) is 16.6 Å². The van der Waals surface area contributed by atoms with Gasteiger partial charge in [0.15, 0.2) is 0 Å². The smallest absolute Gasteiger partial charge is 0.213 e. The first-order valence-electron chi connectivity index (χ1n) is 3.79. The van der Waals surface area contributed by atoms with Gasteiger partial charge in [0.2, 0.25) is 5.88 Å². The van der Waals surface area contributed by atoms with Crippen LogP contribution in [0.2, 0.25) is 0 Å². The van der Waals surface area contributed by atoms with Crippen LogP contribution in [0.3, 0.4) is 0 Å². The largest absolute Gasteiger partial charge is 0.481 e. The van der Waals surface area contributed by atoms with E-state index in [1.165, 1.54) is 0 Å². The SMILES string of the molecule is COc1cc2cc(C)[nH]c2cn1. The van der Waals surface area contributed by atoms with Crippen molar-refractivity contribution >= 4 is 10.9 Å². The average molecular weight is 162 g/mol. The third kappa shape index (κ3) is 1.03. The van der Waals surface area contributed by atoms with E-state index in [4.69, 9.17) is 4.74 Å². The monoisotopic (exact) mass is 162 g/mol. The fourth-order valence-corrected chi connectivity index (χ4v) is 1.27. The lowest BCUT2D eigenvalue weighted by atomic mass is 10.3. The molecule has 0 aliphatic carbocycles. The molecule has 0 saturated heterocycles. The number of hydrogen-bond acceptors (Lipinski definition) is 2. The zero-order valence-electron chi connectivity index (χ0n) is 7.09. The summed E-state index contributed by atoms with van der Waals surface area (Å²) < 4.78 is 5.01. The van der Waals surface area contributed by atoms with Gasteiger partial charge in [-0.15, -0.1) is 0 Å². The maximum absolute atomic E-state index is 5.01. The van der Waals surface area contributed by atoms with Crippen LogP contribution in [-0.2, 0) is 0 Å². The fraction of sp³-hybridized carbons (Fsp3) is 0.222. The number of ether oxygens (including phenoxy) is 1. The van der Waals surface area contributed by atoms with Gasteiger partial charge in [-0.25, -0.2) is 4.98 Å². The number of aromatic nitrogens is 2. The van der Waals surface area contributed by atoms with Gasteiger partial charge in [-0.1, -0.05) is 0 Å². The third-order valence-corrected chi connectivity index (χ3v) is 1.82. The van der Waals surface area contributed by atoms with Crippen LogP contribution in [0.1, 0.15) is 5.69 Å². The van der Waals surface area contributed by atoms with Gasteiger partial charge in [-0.2, -0.15) is 0 Å². The summed E-state index contributed by atoms with van der Waals surface area (Å²) in [4.78, 5) is 7.28. The maximum atomic E-state index is 5.01. The van der Waals surface area contributed by atoms with Gasteiger partial charge in [0.25, 0.3) is 0 Å². The molecule has 0 saturated carbocycles. The third-order valence-electron chi connectivity index (χ3n) is 1.82. The second kappa shape index (κ2) is 2.52. The van der Waals surface area contributed by atoms with E-state index in [9.17, 15) is 0 Å². The summed E-state index contributed by atoms with van der Waals surface area (Å²) in [6.07, 6.45) is 1.78. The number of rotatable bonds is 1. The summed E-state index contributed by atoms with van der Waals surface area (Å²) in [6.45, 7) is 2.02. The first kappa shape index (κ1) is 7.16. The number of aryl methyl sites for hydroxylation is 1. The average Bonchev–Trinajstić information content (AvgIpc) is 2.43. The molecule has 3 nitrogen and oxygen atoms in total. The molecule has 0 bridgehead atoms. The van der Waals surface area contributed by atoms with E-state index in [1.54, 1.807) is 13.3 Å². The van der Waals surface area contributed by atoms with Crippen molar-refractivity contribution in [2.75, 3.05) is 7.11 Å². The number of nitrogens with one attached hydrogen (secondary N) is 1. The van der Waals surface area contributed by atoms with Crippen LogP contribution in [0.4, 0.5) is 0 Å². The Morgan fingerprint density at radius 2 is 2.25 bits per heavy atom. The molecule has 0 aliphatic rings. The lowest BCUT2D eigenvalue weighted by Gasteiger charge is -1.96. The Morgan fingerprint density at radius 3 is 3.00 bits per heavy atom. The molecule has 62 valence electrons. The molecular formula is C9H10N2O. The van der Waals surface area contributed by atoms with Crippen molar-refractivity contribution in [3.8, 4) is 5.88 Å². The summed E-state index contributed by atoms with van der Waals surface area (Å²) >= 11 is 0. The second-order valence-corrected chi connectivity index (χ2v) is 2.77. The molecular weight excluding hydrogens is 152 g/mol. The Bertz CT molecular complexity index is 406. The Balaban J connectivity index is 2.66. The van der Waals surface area contributed by atoms with Crippen molar-refractivity contribution in [1.29, 1.82) is 0 Å². The summed E-state index contributed by atoms with van der Waals surface area (Å²) in [7, 11) is 1.62. The summed E-state index contributed by atoms with van der Waals surface area (Å²) in [5.41, 5.74) is 2.19. The first-order valence-corrected chi connectivity index (χ1v) is 3.79. The molecule has 0 amide bonds. The highest BCUT2D eigenvalue weighted by atomic mass is 16.5. The number of fused-ring (bicyclic) bond motifs is 1. The van der Waals surface area contributed by atoms with Crippen LogP contribution in [-0.4, -0.2) is 17.1 Å². The van der Waals surface area contributed by atoms with Gasteiger partial charge in [-0.3, -0.25) is 0 Å². The molecule has 0 unspecified atom stereocenters. The van der Waals surface area contributed by atoms with E-state index in [0.29, 0.717) is 5.88 Å². The molecule has 12 heavy (non-hydrogen) atoms. The van der Waals surface area contributed by atoms with E-state index < -0.39 is 0 Å². The predicted octanol–water partition coefficient (Wildman–Crippen LogP) is 1.88. The Hall–Kier alpha value is -1.51. The number of H-pyrrole nitrogens is 1. The van der Waals surface area contributed by atoms with Crippen molar-refractivity contribution < 1.29 is 4.74 Å². The van der Waals surface area contributed by atoms with E-state index in [1.807, 2.05) is 13.0 Å². The molecule has 0 fully saturated rings. The number of methoxy groups -OCH3 is 1. The van der Waals surface area contributed by atoms with Crippen LogP contribution in [0, 0.1) is 6.92 Å². The molecule has 1 N–H and O–H groups in total. The Morgan fingerprint density at radius 1 is 1.42 bits per heavy atom. The molecule has 0 spiro atoms. The van der Waals surface area contributed by atoms with Gasteiger partial charge in [0.1, 0.15) is 0 Å². The quantitative estimate of drug-likeness (QED) is 0.695. The number of nitrogens with zero attached hydrogens (tertiary/aromatic N) is 1. The number of hydrogen-bond donors (Lipinski definition) is 1. The van der Waals surface area contributed by atoms with Crippen LogP contribution >= 0.6 is 0 Å². The minimum Gasteiger partial charge on any atom is -0.481 e. The van der Waals surface area contributed by atoms with Gasteiger partial charge in [-0.05, 0) is 13.0 Å². The first-order chi connectivity index (χ1) is 5.79. The molecule has 2 rings (SSSR count). The van der Waals surface area contributed by atoms with E-state index in [2.05, 4.69) is 16.0 Å². The molecule has 2 heterocycles. The molecule has 0 aromatic carbocycles. The Labute approximate surface area is 70.4 Å². The Kier molecular flexibility index (Phi) is 1.50. The fourth-order valence-electron chi connectivity index (χ4n) is 1.27. The number of aromatic amines is 1. The van der Waals surface area contributed by atoms with Gasteiger partial charge in [0.05, 0.1) is 18.8 Å². The zero-order valence-corrected chi connectivity index (χ0v) is 7.09. The minimum absolute atomic E-state index is 0.654. The van der Waals surface area contributed by atoms with Gasteiger partial charge < -0.3 is 9.72 Å². The lowest BCUT2D eigenvalue weighted by molar-refractivity contribution is 0.399. The predicted molar refractivity (Wildman–Crippen MR) is 47.4 cm³/mol. The van der Waals surface area contributed by atoms with Crippen molar-refractivity contribution in [2.24, 2.45) is 0 Å². The normalized spacial score (nSPS) is 10.5. The van der Waals surface area contributed by atoms with Crippen molar-refractivity contribution in [3.05, 3.63) is 24.0 Å². The van der Waals surface area contributed by atoms with Crippen LogP contribution in [0.25, 0.3) is 10.9 Å². The summed E-state index contributed by atoms with van der Waals surface area (Å²) in [5, 5.41) is 1.14. The molecule has 0 radical (unpaired) electrons. The second-order valence-electron chi connectivity index (χ2n) is 2.77. The molecule has 3 heteroatoms. The molecule has 0 aliphatic heterocycles. The summed E-state index contributed by atoms with van der Waals surface area (Å²) in [5.74, 6) is 0.654.